The lowest BCUT2D eigenvalue weighted by Gasteiger charge is -2.26. The number of fused-ring (bicyclic) bond motifs is 4. The highest BCUT2D eigenvalue weighted by Gasteiger charge is 2.27. The molecule has 0 unspecified atom stereocenters. The van der Waals surface area contributed by atoms with Gasteiger partial charge < -0.3 is 25.0 Å². The van der Waals surface area contributed by atoms with Gasteiger partial charge in [-0.05, 0) is 55.7 Å². The average molecular weight is 601 g/mol. The number of methoxy groups -OCH3 is 1. The number of ether oxygens (including phenoxy) is 2. The molecule has 0 saturated carbocycles. The first-order chi connectivity index (χ1) is 21.2. The second-order valence-corrected chi connectivity index (χ2v) is 10.8. The molecule has 5 rings (SSSR count). The summed E-state index contributed by atoms with van der Waals surface area (Å²) in [7, 11) is 1.54. The summed E-state index contributed by atoms with van der Waals surface area (Å²) in [4.78, 5) is 54.9. The van der Waals surface area contributed by atoms with Gasteiger partial charge in [0.2, 0.25) is 5.91 Å². The lowest BCUT2D eigenvalue weighted by Crippen LogP contribution is -2.44. The van der Waals surface area contributed by atoms with Gasteiger partial charge in [-0.15, -0.1) is 0 Å². The van der Waals surface area contributed by atoms with Gasteiger partial charge in [0.05, 0.1) is 37.3 Å². The molecule has 13 nitrogen and oxygen atoms in total. The van der Waals surface area contributed by atoms with E-state index in [4.69, 9.17) is 9.47 Å². The fourth-order valence-electron chi connectivity index (χ4n) is 5.07. The maximum atomic E-state index is 13.7. The molecule has 230 valence electrons. The summed E-state index contributed by atoms with van der Waals surface area (Å²) in [5, 5.41) is 10.5. The van der Waals surface area contributed by atoms with Gasteiger partial charge in [-0.2, -0.15) is 5.10 Å². The maximum absolute atomic E-state index is 13.7. The lowest BCUT2D eigenvalue weighted by molar-refractivity contribution is -0.123. The highest BCUT2D eigenvalue weighted by Crippen LogP contribution is 2.28. The Labute approximate surface area is 255 Å². The third kappa shape index (κ3) is 6.93. The summed E-state index contributed by atoms with van der Waals surface area (Å²) in [6.45, 7) is 6.64. The predicted octanol–water partition coefficient (Wildman–Crippen LogP) is 2.71. The number of rotatable bonds is 3. The minimum Gasteiger partial charge on any atom is -0.493 e. The number of benzene rings is 2. The van der Waals surface area contributed by atoms with Crippen molar-refractivity contribution in [3.8, 4) is 11.5 Å². The minimum atomic E-state index is -0.465. The molecule has 0 radical (unpaired) electrons. The molecule has 2 aromatic carbocycles. The van der Waals surface area contributed by atoms with Gasteiger partial charge >= 0.3 is 0 Å². The van der Waals surface area contributed by atoms with Gasteiger partial charge in [-0.1, -0.05) is 13.8 Å². The van der Waals surface area contributed by atoms with Crippen LogP contribution in [0.3, 0.4) is 0 Å². The van der Waals surface area contributed by atoms with E-state index >= 15 is 0 Å². The number of amides is 3. The fraction of sp³-hybridized carbons (Fsp3) is 0.387. The van der Waals surface area contributed by atoms with E-state index < -0.39 is 6.04 Å². The first kappa shape index (κ1) is 30.4. The van der Waals surface area contributed by atoms with Crippen molar-refractivity contribution in [2.45, 2.75) is 39.8 Å². The van der Waals surface area contributed by atoms with Crippen LogP contribution in [-0.4, -0.2) is 80.7 Å². The van der Waals surface area contributed by atoms with E-state index in [0.717, 1.165) is 0 Å². The Kier molecular flexibility index (Phi) is 9.32. The van der Waals surface area contributed by atoms with Crippen molar-refractivity contribution >= 4 is 28.8 Å². The Hall–Kier alpha value is -5.07. The van der Waals surface area contributed by atoms with Crippen LogP contribution < -0.4 is 20.1 Å². The first-order valence-electron chi connectivity index (χ1n) is 14.5. The number of nitrogens with one attached hydrogen (secondary N) is 2. The van der Waals surface area contributed by atoms with Crippen molar-refractivity contribution < 1.29 is 23.9 Å². The molecule has 0 fully saturated rings. The number of carbonyl (C=O) groups is 3. The number of hydrogen-bond donors (Lipinski definition) is 2. The van der Waals surface area contributed by atoms with Gasteiger partial charge in [0.15, 0.2) is 11.5 Å². The van der Waals surface area contributed by atoms with E-state index in [9.17, 15) is 14.4 Å². The topological polar surface area (TPSA) is 153 Å². The van der Waals surface area contributed by atoms with Crippen LogP contribution in [0.4, 0.5) is 0 Å². The molecular weight excluding hydrogens is 564 g/mol. The highest BCUT2D eigenvalue weighted by molar-refractivity contribution is 5.99. The summed E-state index contributed by atoms with van der Waals surface area (Å²) in [5.74, 6) is 1.06. The molecule has 0 aliphatic carbocycles. The van der Waals surface area contributed by atoms with E-state index in [1.165, 1.54) is 12.0 Å². The summed E-state index contributed by atoms with van der Waals surface area (Å²) in [6, 6.07) is 9.60. The zero-order valence-corrected chi connectivity index (χ0v) is 25.2. The molecule has 1 aliphatic heterocycles. The van der Waals surface area contributed by atoms with Crippen molar-refractivity contribution in [3.63, 3.8) is 0 Å². The Morgan fingerprint density at radius 1 is 1.07 bits per heavy atom. The van der Waals surface area contributed by atoms with Crippen LogP contribution in [0.2, 0.25) is 0 Å². The zero-order chi connectivity index (χ0) is 31.2. The summed E-state index contributed by atoms with van der Waals surface area (Å²) in [5.41, 5.74) is 2.03. The first-order valence-corrected chi connectivity index (χ1v) is 14.5. The van der Waals surface area contributed by atoms with Crippen molar-refractivity contribution in [2.75, 3.05) is 33.4 Å². The second kappa shape index (κ2) is 13.5. The van der Waals surface area contributed by atoms with Crippen LogP contribution in [-0.2, 0) is 11.3 Å². The molecule has 2 bridgehead atoms. The van der Waals surface area contributed by atoms with Crippen LogP contribution in [0.1, 0.15) is 58.7 Å². The van der Waals surface area contributed by atoms with Crippen LogP contribution in [0, 0.1) is 12.8 Å². The molecule has 1 aliphatic rings. The van der Waals surface area contributed by atoms with Crippen LogP contribution in [0.25, 0.3) is 11.0 Å². The van der Waals surface area contributed by atoms with Gasteiger partial charge in [-0.25, -0.2) is 9.67 Å². The number of hydrogen-bond acceptors (Lipinski definition) is 9. The molecule has 2 N–H and O–H groups in total. The van der Waals surface area contributed by atoms with Crippen molar-refractivity contribution in [2.24, 2.45) is 5.92 Å². The summed E-state index contributed by atoms with van der Waals surface area (Å²) in [6.07, 6.45) is 3.57. The number of aromatic nitrogens is 5. The number of nitrogens with zero attached hydrogens (tertiary/aromatic N) is 6. The second-order valence-electron chi connectivity index (χ2n) is 10.8. The number of carbonyl (C=O) groups excluding carboxylic acids is 3. The molecule has 3 heterocycles. The molecule has 13 heteroatoms. The van der Waals surface area contributed by atoms with Crippen molar-refractivity contribution in [3.05, 3.63) is 71.6 Å². The molecule has 3 amide bonds. The van der Waals surface area contributed by atoms with Crippen molar-refractivity contribution in [1.82, 2.24) is 40.3 Å². The van der Waals surface area contributed by atoms with Crippen LogP contribution >= 0.6 is 0 Å². The molecule has 0 spiro atoms. The molecule has 0 saturated heterocycles. The molecule has 4 aromatic rings. The van der Waals surface area contributed by atoms with Gasteiger partial charge in [0.25, 0.3) is 11.8 Å². The van der Waals surface area contributed by atoms with E-state index in [-0.39, 0.29) is 49.9 Å². The van der Waals surface area contributed by atoms with E-state index in [2.05, 4.69) is 30.7 Å². The highest BCUT2D eigenvalue weighted by atomic mass is 16.5. The Balaban J connectivity index is 1.46. The Bertz CT molecular complexity index is 1670. The smallest absolute Gasteiger partial charge is 0.254 e. The Morgan fingerprint density at radius 3 is 2.64 bits per heavy atom. The standard InChI is InChI=1S/C31H36N8O5/c1-19(2)28-29-35-20(3)37-39(29)14-15-44-26-17-21(7-9-25(26)43-4)30(41)34-10-5-13-38(18-27(40)36-28)31(42)22-6-8-23-24(16-22)33-12-11-32-23/h6-9,11-12,16-17,19,28H,5,10,13-15,18H2,1-4H3,(H,34,41)(H,36,40)/t28-/m0/s1. The van der Waals surface area contributed by atoms with E-state index in [1.807, 2.05) is 13.8 Å². The fourth-order valence-corrected chi connectivity index (χ4v) is 5.07. The largest absolute Gasteiger partial charge is 0.493 e. The number of aryl methyl sites for hydroxylation is 1. The molecule has 1 atom stereocenters. The third-order valence-corrected chi connectivity index (χ3v) is 7.28. The molecule has 2 aromatic heterocycles. The lowest BCUT2D eigenvalue weighted by atomic mass is 10.0. The van der Waals surface area contributed by atoms with Crippen LogP contribution in [0.5, 0.6) is 11.5 Å². The van der Waals surface area contributed by atoms with E-state index in [1.54, 1.807) is 60.4 Å². The third-order valence-electron chi connectivity index (χ3n) is 7.28. The van der Waals surface area contributed by atoms with Gasteiger partial charge in [-0.3, -0.25) is 24.4 Å². The molecule has 44 heavy (non-hydrogen) atoms. The van der Waals surface area contributed by atoms with Crippen LogP contribution in [0.15, 0.2) is 48.8 Å². The minimum absolute atomic E-state index is 0.0250. The van der Waals surface area contributed by atoms with Gasteiger partial charge in [0, 0.05) is 36.6 Å². The van der Waals surface area contributed by atoms with Gasteiger partial charge in [0.1, 0.15) is 18.3 Å². The SMILES string of the molecule is COc1ccc2cc1OCCn1nc(C)nc1[C@H](C(C)C)NC(=O)CN(C(=O)c1ccc3nccnc3c1)CCCNC2=O. The monoisotopic (exact) mass is 600 g/mol. The molecular formula is C31H36N8O5. The maximum Gasteiger partial charge on any atom is 0.254 e. The quantitative estimate of drug-likeness (QED) is 0.361. The normalized spacial score (nSPS) is 16.8. The summed E-state index contributed by atoms with van der Waals surface area (Å²) < 4.78 is 13.2. The average Bonchev–Trinajstić information content (AvgIpc) is 3.39. The summed E-state index contributed by atoms with van der Waals surface area (Å²) >= 11 is 0. The Morgan fingerprint density at radius 2 is 1.86 bits per heavy atom. The zero-order valence-electron chi connectivity index (χ0n) is 25.2. The van der Waals surface area contributed by atoms with Crippen molar-refractivity contribution in [1.29, 1.82) is 0 Å². The van der Waals surface area contributed by atoms with E-state index in [0.29, 0.717) is 58.3 Å². The predicted molar refractivity (Wildman–Crippen MR) is 161 cm³/mol.